The van der Waals surface area contributed by atoms with E-state index in [4.69, 9.17) is 35.4 Å². The fraction of sp³-hybridized carbons (Fsp3) is 0. The number of carbonyl (C=O) groups excluding carboxylic acids is 1. The van der Waals surface area contributed by atoms with Crippen molar-refractivity contribution < 1.29 is 9.72 Å². The van der Waals surface area contributed by atoms with E-state index in [1.165, 1.54) is 24.3 Å². The number of hydrogen-bond donors (Lipinski definition) is 2. The molecule has 0 saturated heterocycles. The number of nitrogens with one attached hydrogen (secondary N) is 2. The minimum Gasteiger partial charge on any atom is -0.331 e. The molecule has 0 spiro atoms. The Morgan fingerprint density at radius 2 is 1.83 bits per heavy atom. The van der Waals surface area contributed by atoms with Gasteiger partial charge < -0.3 is 5.32 Å². The summed E-state index contributed by atoms with van der Waals surface area (Å²) in [5.74, 6) is -0.701. The zero-order valence-electron chi connectivity index (χ0n) is 11.4. The molecule has 2 N–H and O–H groups in total. The molecule has 0 aromatic heterocycles. The van der Waals surface area contributed by atoms with Crippen LogP contribution < -0.4 is 10.6 Å². The first-order valence-electron chi connectivity index (χ1n) is 6.20. The van der Waals surface area contributed by atoms with Crippen molar-refractivity contribution in [3.63, 3.8) is 0 Å². The molecule has 0 radical (unpaired) electrons. The largest absolute Gasteiger partial charge is 0.331 e. The summed E-state index contributed by atoms with van der Waals surface area (Å²) >= 11 is 16.9. The second kappa shape index (κ2) is 7.36. The maximum atomic E-state index is 12.1. The highest BCUT2D eigenvalue weighted by molar-refractivity contribution is 7.80. The van der Waals surface area contributed by atoms with E-state index < -0.39 is 10.8 Å². The van der Waals surface area contributed by atoms with Crippen molar-refractivity contribution >= 4 is 57.8 Å². The predicted molar refractivity (Wildman–Crippen MR) is 93.2 cm³/mol. The molecule has 6 nitrogen and oxygen atoms in total. The van der Waals surface area contributed by atoms with Gasteiger partial charge in [0.2, 0.25) is 0 Å². The summed E-state index contributed by atoms with van der Waals surface area (Å²) in [6.07, 6.45) is 0. The molecule has 0 atom stereocenters. The maximum absolute atomic E-state index is 12.1. The van der Waals surface area contributed by atoms with Crippen molar-refractivity contribution in [3.8, 4) is 0 Å². The number of halogens is 2. The fourth-order valence-electron chi connectivity index (χ4n) is 1.75. The van der Waals surface area contributed by atoms with Gasteiger partial charge in [-0.05, 0) is 30.4 Å². The summed E-state index contributed by atoms with van der Waals surface area (Å²) in [5, 5.41) is 16.5. The first kappa shape index (κ1) is 17.1. The van der Waals surface area contributed by atoms with E-state index in [-0.39, 0.29) is 21.4 Å². The Morgan fingerprint density at radius 3 is 2.52 bits per heavy atom. The average molecular weight is 370 g/mol. The number of nitro benzene ring substituents is 1. The van der Waals surface area contributed by atoms with Crippen LogP contribution in [0.15, 0.2) is 42.5 Å². The van der Waals surface area contributed by atoms with Gasteiger partial charge in [0.25, 0.3) is 11.6 Å². The fourth-order valence-corrected chi connectivity index (χ4v) is 2.30. The van der Waals surface area contributed by atoms with Crippen molar-refractivity contribution in [2.75, 3.05) is 5.32 Å². The molecule has 2 rings (SSSR count). The highest BCUT2D eigenvalue weighted by Crippen LogP contribution is 2.29. The molecule has 2 aromatic carbocycles. The molecule has 118 valence electrons. The summed E-state index contributed by atoms with van der Waals surface area (Å²) in [5.41, 5.74) is -0.000503. The third-order valence-corrected chi connectivity index (χ3v) is 3.80. The lowest BCUT2D eigenvalue weighted by atomic mass is 10.1. The third kappa shape index (κ3) is 4.16. The van der Waals surface area contributed by atoms with Crippen LogP contribution in [0.5, 0.6) is 0 Å². The number of para-hydroxylation sites is 1. The van der Waals surface area contributed by atoms with Crippen molar-refractivity contribution in [2.45, 2.75) is 0 Å². The highest BCUT2D eigenvalue weighted by atomic mass is 35.5. The van der Waals surface area contributed by atoms with Gasteiger partial charge in [-0.3, -0.25) is 20.2 Å². The molecule has 23 heavy (non-hydrogen) atoms. The van der Waals surface area contributed by atoms with Crippen LogP contribution in [0.1, 0.15) is 10.4 Å². The second-order valence-electron chi connectivity index (χ2n) is 4.28. The van der Waals surface area contributed by atoms with Gasteiger partial charge in [0, 0.05) is 6.07 Å². The summed E-state index contributed by atoms with van der Waals surface area (Å²) in [6, 6.07) is 10.4. The van der Waals surface area contributed by atoms with Gasteiger partial charge in [-0.25, -0.2) is 0 Å². The molecule has 0 saturated carbocycles. The summed E-state index contributed by atoms with van der Waals surface area (Å²) in [6.45, 7) is 0. The normalized spacial score (nSPS) is 10.0. The zero-order valence-corrected chi connectivity index (χ0v) is 13.7. The van der Waals surface area contributed by atoms with E-state index in [1.54, 1.807) is 18.2 Å². The molecule has 0 bridgehead atoms. The van der Waals surface area contributed by atoms with Gasteiger partial charge in [-0.1, -0.05) is 41.4 Å². The number of anilines is 1. The van der Waals surface area contributed by atoms with Crippen LogP contribution in [-0.2, 0) is 0 Å². The monoisotopic (exact) mass is 369 g/mol. The highest BCUT2D eigenvalue weighted by Gasteiger charge is 2.20. The molecule has 0 heterocycles. The van der Waals surface area contributed by atoms with Crippen molar-refractivity contribution in [3.05, 3.63) is 68.2 Å². The summed E-state index contributed by atoms with van der Waals surface area (Å²) in [4.78, 5) is 22.4. The van der Waals surface area contributed by atoms with Gasteiger partial charge in [0.1, 0.15) is 5.56 Å². The van der Waals surface area contributed by atoms with Gasteiger partial charge in [0.15, 0.2) is 5.11 Å². The zero-order chi connectivity index (χ0) is 17.0. The van der Waals surface area contributed by atoms with E-state index >= 15 is 0 Å². The Balaban J connectivity index is 2.13. The average Bonchev–Trinajstić information content (AvgIpc) is 2.51. The molecule has 2 aromatic rings. The van der Waals surface area contributed by atoms with Crippen LogP contribution in [0.4, 0.5) is 11.4 Å². The number of nitrogens with zero attached hydrogens (tertiary/aromatic N) is 1. The van der Waals surface area contributed by atoms with Crippen LogP contribution in [0.25, 0.3) is 0 Å². The first-order valence-corrected chi connectivity index (χ1v) is 7.36. The number of rotatable bonds is 3. The minimum atomic E-state index is -0.701. The van der Waals surface area contributed by atoms with E-state index in [2.05, 4.69) is 10.6 Å². The van der Waals surface area contributed by atoms with Crippen LogP contribution in [0.3, 0.4) is 0 Å². The molecule has 0 fully saturated rings. The van der Waals surface area contributed by atoms with Crippen LogP contribution in [-0.4, -0.2) is 15.9 Å². The van der Waals surface area contributed by atoms with E-state index in [1.807, 2.05) is 0 Å². The Morgan fingerprint density at radius 1 is 1.13 bits per heavy atom. The molecular formula is C14H9Cl2N3O3S. The molecule has 9 heteroatoms. The minimum absolute atomic E-state index is 0.0580. The Kier molecular flexibility index (Phi) is 5.49. The first-order chi connectivity index (χ1) is 10.9. The van der Waals surface area contributed by atoms with Gasteiger partial charge in [0.05, 0.1) is 20.7 Å². The summed E-state index contributed by atoms with van der Waals surface area (Å²) < 4.78 is 0. The molecule has 1 amide bonds. The number of nitro groups is 1. The smallest absolute Gasteiger partial charge is 0.282 e. The number of carbonyl (C=O) groups is 1. The SMILES string of the molecule is O=C(NC(=S)Nc1cccc(Cl)c1Cl)c1ccccc1[N+](=O)[O-]. The van der Waals surface area contributed by atoms with Gasteiger partial charge >= 0.3 is 0 Å². The van der Waals surface area contributed by atoms with Crippen LogP contribution >= 0.6 is 35.4 Å². The van der Waals surface area contributed by atoms with Gasteiger partial charge in [-0.15, -0.1) is 0 Å². The molecular weight excluding hydrogens is 361 g/mol. The summed E-state index contributed by atoms with van der Waals surface area (Å²) in [7, 11) is 0. The maximum Gasteiger partial charge on any atom is 0.282 e. The van der Waals surface area contributed by atoms with Crippen molar-refractivity contribution in [1.82, 2.24) is 5.32 Å². The lowest BCUT2D eigenvalue weighted by Gasteiger charge is -2.11. The molecule has 0 aliphatic rings. The lowest BCUT2D eigenvalue weighted by Crippen LogP contribution is -2.34. The Labute approximate surface area is 146 Å². The number of hydrogen-bond acceptors (Lipinski definition) is 4. The predicted octanol–water partition coefficient (Wildman–Crippen LogP) is 4.03. The number of amides is 1. The van der Waals surface area contributed by atoms with Crippen molar-refractivity contribution in [1.29, 1.82) is 0 Å². The topological polar surface area (TPSA) is 84.3 Å². The molecule has 0 unspecified atom stereocenters. The standard InChI is InChI=1S/C14H9Cl2N3O3S/c15-9-5-3-6-10(12(9)16)17-14(23)18-13(20)8-4-1-2-7-11(8)19(21)22/h1-7H,(H2,17,18,20,23). The van der Waals surface area contributed by atoms with E-state index in [0.29, 0.717) is 10.7 Å². The molecule has 0 aliphatic heterocycles. The van der Waals surface area contributed by atoms with E-state index in [9.17, 15) is 14.9 Å². The quantitative estimate of drug-likeness (QED) is 0.484. The number of benzene rings is 2. The molecule has 0 aliphatic carbocycles. The van der Waals surface area contributed by atoms with Crippen LogP contribution in [0.2, 0.25) is 10.0 Å². The van der Waals surface area contributed by atoms with Crippen LogP contribution in [0, 0.1) is 10.1 Å². The van der Waals surface area contributed by atoms with Gasteiger partial charge in [-0.2, -0.15) is 0 Å². The lowest BCUT2D eigenvalue weighted by molar-refractivity contribution is -0.385. The third-order valence-electron chi connectivity index (χ3n) is 2.77. The Bertz CT molecular complexity index is 799. The second-order valence-corrected chi connectivity index (χ2v) is 5.48. The van der Waals surface area contributed by atoms with E-state index in [0.717, 1.165) is 0 Å². The number of thiocarbonyl (C=S) groups is 1. The Hall–Kier alpha value is -2.22. The van der Waals surface area contributed by atoms with Crippen molar-refractivity contribution in [2.24, 2.45) is 0 Å².